The van der Waals surface area contributed by atoms with Gasteiger partial charge in [0.25, 0.3) is 0 Å². The normalized spacial score (nSPS) is 11.9. The Hall–Kier alpha value is -4.74. The minimum atomic E-state index is -2.33. The summed E-state index contributed by atoms with van der Waals surface area (Å²) in [7, 11) is 1.23. The van der Waals surface area contributed by atoms with E-state index in [4.69, 9.17) is 28.4 Å². The number of methoxy groups -OCH3 is 1. The Balaban J connectivity index is 3.06. The molecule has 0 heterocycles. The van der Waals surface area contributed by atoms with Crippen molar-refractivity contribution < 1.29 is 57.2 Å². The molecule has 0 spiro atoms. The molecule has 0 aromatic heterocycles. The van der Waals surface area contributed by atoms with Gasteiger partial charge in [0.05, 0.1) is 12.7 Å². The minimum absolute atomic E-state index is 0.0336. The maximum Gasteiger partial charge on any atom is 0.308 e. The third-order valence-corrected chi connectivity index (χ3v) is 4.78. The lowest BCUT2D eigenvalue weighted by Gasteiger charge is -2.33. The highest BCUT2D eigenvalue weighted by molar-refractivity contribution is 5.94. The molecule has 0 amide bonds. The van der Waals surface area contributed by atoms with Crippen LogP contribution in [0.25, 0.3) is 0 Å². The molecule has 0 aliphatic carbocycles. The maximum absolute atomic E-state index is 13.4. The molecule has 1 atom stereocenters. The van der Waals surface area contributed by atoms with E-state index in [2.05, 4.69) is 0 Å². The van der Waals surface area contributed by atoms with Crippen molar-refractivity contribution in [3.05, 3.63) is 41.5 Å². The number of hydrogen-bond donors (Lipinski definition) is 0. The fourth-order valence-electron chi connectivity index (χ4n) is 3.65. The first kappa shape index (κ1) is 29.5. The zero-order valence-electron chi connectivity index (χ0n) is 21.8. The summed E-state index contributed by atoms with van der Waals surface area (Å²) in [6.45, 7) is 6.60. The van der Waals surface area contributed by atoms with Gasteiger partial charge in [0, 0.05) is 46.2 Å². The second kappa shape index (κ2) is 12.0. The summed E-state index contributed by atoms with van der Waals surface area (Å²) >= 11 is 0. The summed E-state index contributed by atoms with van der Waals surface area (Å²) in [6, 6.07) is 6.05. The third kappa shape index (κ3) is 6.72. The van der Waals surface area contributed by atoms with Crippen molar-refractivity contribution in [3.8, 4) is 28.7 Å². The van der Waals surface area contributed by atoms with E-state index in [-0.39, 0.29) is 39.9 Å². The monoisotopic (exact) mass is 530 g/mol. The first-order valence-electron chi connectivity index (χ1n) is 11.0. The van der Waals surface area contributed by atoms with Gasteiger partial charge in [0.2, 0.25) is 11.4 Å². The number of carbonyl (C=O) groups is 6. The van der Waals surface area contributed by atoms with E-state index < -0.39 is 41.2 Å². The van der Waals surface area contributed by atoms with Crippen molar-refractivity contribution in [3.63, 3.8) is 0 Å². The smallest absolute Gasteiger partial charge is 0.308 e. The van der Waals surface area contributed by atoms with Gasteiger partial charge < -0.3 is 28.4 Å². The molecule has 2 rings (SSSR count). The average Bonchev–Trinajstić information content (AvgIpc) is 2.75. The molecule has 0 aliphatic rings. The quantitative estimate of drug-likeness (QED) is 0.345. The van der Waals surface area contributed by atoms with E-state index in [9.17, 15) is 28.8 Å². The predicted molar refractivity (Wildman–Crippen MR) is 128 cm³/mol. The van der Waals surface area contributed by atoms with Crippen LogP contribution in [-0.4, -0.2) is 42.7 Å². The summed E-state index contributed by atoms with van der Waals surface area (Å²) in [5.74, 6) is -5.74. The van der Waals surface area contributed by atoms with E-state index in [1.54, 1.807) is 0 Å². The number of ether oxygens (including phenoxy) is 6. The van der Waals surface area contributed by atoms with Crippen LogP contribution >= 0.6 is 0 Å². The standard InChI is InChI=1S/C26H26O12/c1-13(27)26(38-18(6)32,21-9-8-20(34-14(2)28)12-22(21)35-15(3)29)19-10-23(36-16(4)30)25(33-7)24(11-19)37-17(5)31/h8-12H,1-7H3. The lowest BCUT2D eigenvalue weighted by Crippen LogP contribution is -2.40. The van der Waals surface area contributed by atoms with Crippen molar-refractivity contribution >= 4 is 35.6 Å². The second-order valence-corrected chi connectivity index (χ2v) is 7.87. The second-order valence-electron chi connectivity index (χ2n) is 7.87. The van der Waals surface area contributed by atoms with Gasteiger partial charge in [0.15, 0.2) is 17.3 Å². The van der Waals surface area contributed by atoms with Gasteiger partial charge in [-0.1, -0.05) is 0 Å². The van der Waals surface area contributed by atoms with Gasteiger partial charge in [0.1, 0.15) is 11.5 Å². The van der Waals surface area contributed by atoms with Crippen LogP contribution < -0.4 is 23.7 Å². The Morgan fingerprint density at radius 2 is 1.08 bits per heavy atom. The molecule has 38 heavy (non-hydrogen) atoms. The molecule has 0 aliphatic heterocycles. The molecule has 0 saturated carbocycles. The fraction of sp³-hybridized carbons (Fsp3) is 0.308. The van der Waals surface area contributed by atoms with Gasteiger partial charge in [-0.3, -0.25) is 28.8 Å². The summed E-state index contributed by atoms with van der Waals surface area (Å²) < 4.78 is 31.6. The number of esters is 5. The Labute approximate surface area is 217 Å². The predicted octanol–water partition coefficient (Wildman–Crippen LogP) is 2.79. The Bertz CT molecular complexity index is 1270. The zero-order valence-corrected chi connectivity index (χ0v) is 21.8. The van der Waals surface area contributed by atoms with E-state index in [0.717, 1.165) is 47.6 Å². The summed E-state index contributed by atoms with van der Waals surface area (Å²) in [6.07, 6.45) is 0. The SMILES string of the molecule is COc1c(OC(C)=O)cc(C(OC(C)=O)(C(C)=O)c2ccc(OC(C)=O)cc2OC(C)=O)cc1OC(C)=O. The lowest BCUT2D eigenvalue weighted by atomic mass is 9.81. The molecular weight excluding hydrogens is 504 g/mol. The number of Topliss-reactive ketones (excluding diaryl/α,β-unsaturated/α-hetero) is 1. The average molecular weight is 530 g/mol. The van der Waals surface area contributed by atoms with Gasteiger partial charge in [-0.05, 0) is 31.2 Å². The van der Waals surface area contributed by atoms with Gasteiger partial charge in [-0.25, -0.2) is 0 Å². The van der Waals surface area contributed by atoms with E-state index in [1.165, 1.54) is 31.4 Å². The summed E-state index contributed by atoms with van der Waals surface area (Å²) in [4.78, 5) is 72.8. The molecule has 2 aromatic rings. The molecule has 0 radical (unpaired) electrons. The maximum atomic E-state index is 13.4. The van der Waals surface area contributed by atoms with Crippen LogP contribution in [0.3, 0.4) is 0 Å². The van der Waals surface area contributed by atoms with Crippen LogP contribution in [0.1, 0.15) is 52.7 Å². The van der Waals surface area contributed by atoms with Crippen LogP contribution in [0, 0.1) is 0 Å². The number of ketones is 1. The lowest BCUT2D eigenvalue weighted by molar-refractivity contribution is -0.161. The van der Waals surface area contributed by atoms with Crippen LogP contribution in [-0.2, 0) is 39.1 Å². The van der Waals surface area contributed by atoms with E-state index in [1.807, 2.05) is 0 Å². The number of carbonyl (C=O) groups excluding carboxylic acids is 6. The molecule has 1 unspecified atom stereocenters. The highest BCUT2D eigenvalue weighted by Gasteiger charge is 2.47. The van der Waals surface area contributed by atoms with Gasteiger partial charge >= 0.3 is 29.8 Å². The number of rotatable bonds is 9. The van der Waals surface area contributed by atoms with Crippen LogP contribution in [0.15, 0.2) is 30.3 Å². The molecule has 0 fully saturated rings. The van der Waals surface area contributed by atoms with Crippen LogP contribution in [0.4, 0.5) is 0 Å². The van der Waals surface area contributed by atoms with Crippen molar-refractivity contribution in [2.45, 2.75) is 47.1 Å². The minimum Gasteiger partial charge on any atom is -0.490 e. The van der Waals surface area contributed by atoms with Gasteiger partial charge in [-0.15, -0.1) is 0 Å². The molecule has 0 N–H and O–H groups in total. The third-order valence-electron chi connectivity index (χ3n) is 4.78. The molecule has 0 bridgehead atoms. The molecule has 12 nitrogen and oxygen atoms in total. The Morgan fingerprint density at radius 1 is 0.605 bits per heavy atom. The molecule has 12 heteroatoms. The van der Waals surface area contributed by atoms with E-state index >= 15 is 0 Å². The summed E-state index contributed by atoms with van der Waals surface area (Å²) in [5, 5.41) is 0. The van der Waals surface area contributed by atoms with Crippen molar-refractivity contribution in [1.82, 2.24) is 0 Å². The zero-order chi connectivity index (χ0) is 28.8. The highest BCUT2D eigenvalue weighted by Crippen LogP contribution is 2.47. The number of hydrogen-bond acceptors (Lipinski definition) is 12. The molecular formula is C26H26O12. The Morgan fingerprint density at radius 3 is 1.47 bits per heavy atom. The van der Waals surface area contributed by atoms with Crippen molar-refractivity contribution in [2.24, 2.45) is 0 Å². The highest BCUT2D eigenvalue weighted by atomic mass is 16.6. The topological polar surface area (TPSA) is 158 Å². The molecule has 202 valence electrons. The summed E-state index contributed by atoms with van der Waals surface area (Å²) in [5.41, 5.74) is -2.64. The largest absolute Gasteiger partial charge is 0.490 e. The van der Waals surface area contributed by atoms with Crippen LogP contribution in [0.5, 0.6) is 28.7 Å². The molecule has 2 aromatic carbocycles. The fourth-order valence-corrected chi connectivity index (χ4v) is 3.65. The van der Waals surface area contributed by atoms with Gasteiger partial charge in [-0.2, -0.15) is 0 Å². The van der Waals surface area contributed by atoms with Crippen molar-refractivity contribution in [1.29, 1.82) is 0 Å². The Kier molecular flexibility index (Phi) is 9.31. The first-order valence-corrected chi connectivity index (χ1v) is 11.0. The van der Waals surface area contributed by atoms with E-state index in [0.29, 0.717) is 0 Å². The number of benzene rings is 2. The first-order chi connectivity index (χ1) is 17.7. The van der Waals surface area contributed by atoms with Crippen LogP contribution in [0.2, 0.25) is 0 Å². The molecule has 0 saturated heterocycles. The van der Waals surface area contributed by atoms with Crippen molar-refractivity contribution in [2.75, 3.05) is 7.11 Å².